The standard InChI is InChI=1S/C22H29N3O3S/c1-4-23-22(27)24(5-2)14-21(26)25-12-10-20-17(11-13-29-20)18(25)15-28-19-9-7-6-8-16(19)3/h6-9,11,13,18H,4-5,10,12,14-15H2,1-3H3,(H,23,27)/t18-/m1/s1. The third-order valence-corrected chi connectivity index (χ3v) is 6.23. The monoisotopic (exact) mass is 415 g/mol. The van der Waals surface area contributed by atoms with Gasteiger partial charge in [-0.2, -0.15) is 0 Å². The number of amides is 3. The van der Waals surface area contributed by atoms with Gasteiger partial charge in [-0.15, -0.1) is 11.3 Å². The second-order valence-electron chi connectivity index (χ2n) is 7.08. The molecule has 2 heterocycles. The number of hydrogen-bond donors (Lipinski definition) is 1. The van der Waals surface area contributed by atoms with Crippen molar-refractivity contribution in [3.8, 4) is 5.75 Å². The Labute approximate surface area is 176 Å². The first-order valence-corrected chi connectivity index (χ1v) is 11.0. The summed E-state index contributed by atoms with van der Waals surface area (Å²) < 4.78 is 6.12. The summed E-state index contributed by atoms with van der Waals surface area (Å²) in [6.07, 6.45) is 0.840. The second-order valence-corrected chi connectivity index (χ2v) is 8.08. The Morgan fingerprint density at radius 2 is 2.07 bits per heavy atom. The summed E-state index contributed by atoms with van der Waals surface area (Å²) in [5, 5.41) is 4.85. The lowest BCUT2D eigenvalue weighted by atomic mass is 10.0. The lowest BCUT2D eigenvalue weighted by Crippen LogP contribution is -2.49. The largest absolute Gasteiger partial charge is 0.491 e. The number of urea groups is 1. The SMILES string of the molecule is CCNC(=O)N(CC)CC(=O)N1CCc2sccc2[C@H]1COc1ccccc1C. The lowest BCUT2D eigenvalue weighted by Gasteiger charge is -2.37. The van der Waals surface area contributed by atoms with E-state index in [9.17, 15) is 9.59 Å². The number of nitrogens with one attached hydrogen (secondary N) is 1. The molecule has 0 saturated carbocycles. The molecule has 0 aliphatic carbocycles. The maximum absolute atomic E-state index is 13.1. The van der Waals surface area contributed by atoms with Crippen molar-refractivity contribution in [2.24, 2.45) is 0 Å². The maximum Gasteiger partial charge on any atom is 0.317 e. The number of rotatable bonds is 7. The maximum atomic E-state index is 13.1. The number of carbonyl (C=O) groups is 2. The molecule has 0 fully saturated rings. The van der Waals surface area contributed by atoms with Crippen LogP contribution in [0, 0.1) is 6.92 Å². The highest BCUT2D eigenvalue weighted by Crippen LogP contribution is 2.34. The molecule has 156 valence electrons. The van der Waals surface area contributed by atoms with Crippen LogP contribution in [0.1, 0.15) is 35.9 Å². The minimum Gasteiger partial charge on any atom is -0.491 e. The van der Waals surface area contributed by atoms with Gasteiger partial charge in [0.05, 0.1) is 6.04 Å². The summed E-state index contributed by atoms with van der Waals surface area (Å²) in [7, 11) is 0. The van der Waals surface area contributed by atoms with E-state index in [4.69, 9.17) is 4.74 Å². The van der Waals surface area contributed by atoms with E-state index in [1.165, 1.54) is 4.88 Å². The second kappa shape index (κ2) is 9.78. The fourth-order valence-corrected chi connectivity index (χ4v) is 4.53. The van der Waals surface area contributed by atoms with Crippen LogP contribution in [-0.2, 0) is 11.2 Å². The molecular formula is C22H29N3O3S. The van der Waals surface area contributed by atoms with Crippen molar-refractivity contribution in [3.05, 3.63) is 51.7 Å². The van der Waals surface area contributed by atoms with E-state index < -0.39 is 0 Å². The summed E-state index contributed by atoms with van der Waals surface area (Å²) in [4.78, 5) is 30.1. The number of fused-ring (bicyclic) bond motifs is 1. The van der Waals surface area contributed by atoms with Crippen LogP contribution in [0.5, 0.6) is 5.75 Å². The highest BCUT2D eigenvalue weighted by Gasteiger charge is 2.33. The van der Waals surface area contributed by atoms with Gasteiger partial charge in [0.1, 0.15) is 18.9 Å². The van der Waals surface area contributed by atoms with Crippen molar-refractivity contribution in [2.45, 2.75) is 33.2 Å². The zero-order valence-corrected chi connectivity index (χ0v) is 18.1. The molecule has 2 aromatic rings. The summed E-state index contributed by atoms with van der Waals surface area (Å²) in [5.74, 6) is 0.785. The first-order valence-electron chi connectivity index (χ1n) is 10.1. The van der Waals surface area contributed by atoms with Gasteiger partial charge < -0.3 is 19.9 Å². The Morgan fingerprint density at radius 1 is 1.28 bits per heavy atom. The van der Waals surface area contributed by atoms with Gasteiger partial charge in [0.15, 0.2) is 0 Å². The fourth-order valence-electron chi connectivity index (χ4n) is 3.61. The van der Waals surface area contributed by atoms with Gasteiger partial charge in [0, 0.05) is 24.5 Å². The molecule has 3 amide bonds. The Hall–Kier alpha value is -2.54. The van der Waals surface area contributed by atoms with E-state index >= 15 is 0 Å². The minimum atomic E-state index is -0.204. The quantitative estimate of drug-likeness (QED) is 0.751. The molecular weight excluding hydrogens is 386 g/mol. The van der Waals surface area contributed by atoms with Gasteiger partial charge in [-0.05, 0) is 55.8 Å². The summed E-state index contributed by atoms with van der Waals surface area (Å²) in [6.45, 7) is 7.90. The number of ether oxygens (including phenoxy) is 1. The number of para-hydroxylation sites is 1. The molecule has 6 nitrogen and oxygen atoms in total. The summed E-state index contributed by atoms with van der Waals surface area (Å²) in [6, 6.07) is 9.64. The molecule has 1 aromatic carbocycles. The summed E-state index contributed by atoms with van der Waals surface area (Å²) >= 11 is 1.73. The van der Waals surface area contributed by atoms with Crippen LogP contribution in [-0.4, -0.2) is 54.5 Å². The van der Waals surface area contributed by atoms with Crippen LogP contribution in [0.3, 0.4) is 0 Å². The highest BCUT2D eigenvalue weighted by molar-refractivity contribution is 7.10. The third-order valence-electron chi connectivity index (χ3n) is 5.23. The first kappa shape index (κ1) is 21.2. The predicted octanol–water partition coefficient (Wildman–Crippen LogP) is 3.61. The molecule has 1 N–H and O–H groups in total. The first-order chi connectivity index (χ1) is 14.0. The van der Waals surface area contributed by atoms with Crippen LogP contribution in [0.2, 0.25) is 0 Å². The number of carbonyl (C=O) groups excluding carboxylic acids is 2. The zero-order valence-electron chi connectivity index (χ0n) is 17.3. The summed E-state index contributed by atoms with van der Waals surface area (Å²) in [5.41, 5.74) is 2.23. The molecule has 0 spiro atoms. The Balaban J connectivity index is 1.76. The smallest absolute Gasteiger partial charge is 0.317 e. The lowest BCUT2D eigenvalue weighted by molar-refractivity contribution is -0.135. The molecule has 1 atom stereocenters. The number of thiophene rings is 1. The minimum absolute atomic E-state index is 0.0478. The van der Waals surface area contributed by atoms with Crippen molar-refractivity contribution >= 4 is 23.3 Å². The topological polar surface area (TPSA) is 61.9 Å². The average molecular weight is 416 g/mol. The van der Waals surface area contributed by atoms with Gasteiger partial charge in [0.2, 0.25) is 5.91 Å². The fraction of sp³-hybridized carbons (Fsp3) is 0.455. The van der Waals surface area contributed by atoms with Gasteiger partial charge in [-0.1, -0.05) is 18.2 Å². The van der Waals surface area contributed by atoms with Crippen molar-refractivity contribution in [3.63, 3.8) is 0 Å². The third kappa shape index (κ3) is 4.90. The molecule has 0 bridgehead atoms. The van der Waals surface area contributed by atoms with E-state index in [2.05, 4.69) is 16.8 Å². The Kier molecular flexibility index (Phi) is 7.14. The van der Waals surface area contributed by atoms with Crippen LogP contribution < -0.4 is 10.1 Å². The van der Waals surface area contributed by atoms with Crippen molar-refractivity contribution in [1.82, 2.24) is 15.1 Å². The number of nitrogens with zero attached hydrogens (tertiary/aromatic N) is 2. The van der Waals surface area contributed by atoms with E-state index in [0.29, 0.717) is 26.2 Å². The van der Waals surface area contributed by atoms with E-state index in [-0.39, 0.29) is 24.5 Å². The van der Waals surface area contributed by atoms with Crippen LogP contribution in [0.25, 0.3) is 0 Å². The van der Waals surface area contributed by atoms with E-state index in [1.54, 1.807) is 16.2 Å². The van der Waals surface area contributed by atoms with Crippen LogP contribution in [0.4, 0.5) is 4.79 Å². The van der Waals surface area contributed by atoms with Gasteiger partial charge >= 0.3 is 6.03 Å². The van der Waals surface area contributed by atoms with Crippen LogP contribution >= 0.6 is 11.3 Å². The van der Waals surface area contributed by atoms with Gasteiger partial charge in [0.25, 0.3) is 0 Å². The molecule has 0 radical (unpaired) electrons. The number of benzene rings is 1. The molecule has 0 unspecified atom stereocenters. The van der Waals surface area contributed by atoms with Crippen LogP contribution in [0.15, 0.2) is 35.7 Å². The zero-order chi connectivity index (χ0) is 20.8. The number of hydrogen-bond acceptors (Lipinski definition) is 4. The number of likely N-dealkylation sites (N-methyl/N-ethyl adjacent to an activating group) is 1. The van der Waals surface area contributed by atoms with Crippen molar-refractivity contribution < 1.29 is 14.3 Å². The highest BCUT2D eigenvalue weighted by atomic mass is 32.1. The molecule has 1 aromatic heterocycles. The molecule has 0 saturated heterocycles. The average Bonchev–Trinajstić information content (AvgIpc) is 3.20. The Morgan fingerprint density at radius 3 is 2.79 bits per heavy atom. The van der Waals surface area contributed by atoms with Crippen molar-refractivity contribution in [2.75, 3.05) is 32.8 Å². The van der Waals surface area contributed by atoms with Gasteiger partial charge in [-0.3, -0.25) is 4.79 Å². The normalized spacial score (nSPS) is 15.6. The van der Waals surface area contributed by atoms with E-state index in [0.717, 1.165) is 23.3 Å². The molecule has 1 aliphatic rings. The predicted molar refractivity (Wildman–Crippen MR) is 115 cm³/mol. The molecule has 7 heteroatoms. The molecule has 29 heavy (non-hydrogen) atoms. The number of aryl methyl sites for hydroxylation is 1. The van der Waals surface area contributed by atoms with E-state index in [1.807, 2.05) is 49.9 Å². The molecule has 1 aliphatic heterocycles. The van der Waals surface area contributed by atoms with Crippen molar-refractivity contribution in [1.29, 1.82) is 0 Å². The Bertz CT molecular complexity index is 851. The molecule has 3 rings (SSSR count). The van der Waals surface area contributed by atoms with Gasteiger partial charge in [-0.25, -0.2) is 4.79 Å².